The number of allylic oxidation sites excluding steroid dienone is 3. The van der Waals surface area contributed by atoms with Crippen molar-refractivity contribution in [3.05, 3.63) is 90.0 Å². The van der Waals surface area contributed by atoms with Gasteiger partial charge in [-0.2, -0.15) is 4.98 Å². The van der Waals surface area contributed by atoms with Gasteiger partial charge in [0, 0.05) is 5.70 Å². The van der Waals surface area contributed by atoms with Gasteiger partial charge >= 0.3 is 0 Å². The topological polar surface area (TPSA) is 80.1 Å². The van der Waals surface area contributed by atoms with Gasteiger partial charge in [0.25, 0.3) is 5.95 Å². The smallest absolute Gasteiger partial charge is 0.260 e. The highest BCUT2D eigenvalue weighted by molar-refractivity contribution is 6.21. The van der Waals surface area contributed by atoms with Crippen molar-refractivity contribution in [2.45, 2.75) is 18.9 Å². The van der Waals surface area contributed by atoms with Gasteiger partial charge in [0.15, 0.2) is 0 Å². The van der Waals surface area contributed by atoms with E-state index < -0.39 is 0 Å². The van der Waals surface area contributed by atoms with Crippen molar-refractivity contribution in [2.75, 3.05) is 10.2 Å². The molecule has 3 aromatic rings. The summed E-state index contributed by atoms with van der Waals surface area (Å²) in [6.45, 7) is 0. The van der Waals surface area contributed by atoms with E-state index in [0.29, 0.717) is 18.8 Å². The van der Waals surface area contributed by atoms with Crippen molar-refractivity contribution in [3.8, 4) is 0 Å². The Morgan fingerprint density at radius 3 is 2.12 bits per heavy atom. The molecule has 0 saturated carbocycles. The predicted octanol–water partition coefficient (Wildman–Crippen LogP) is 3.79. The van der Waals surface area contributed by atoms with Gasteiger partial charge in [-0.15, -0.1) is 5.10 Å². The van der Waals surface area contributed by atoms with Crippen molar-refractivity contribution < 1.29 is 9.59 Å². The Bertz CT molecular complexity index is 1240. The molecule has 7 nitrogen and oxygen atoms in total. The average molecular weight is 423 g/mol. The number of aromatic nitrogens is 3. The van der Waals surface area contributed by atoms with Crippen molar-refractivity contribution in [3.63, 3.8) is 0 Å². The summed E-state index contributed by atoms with van der Waals surface area (Å²) < 4.78 is 1.75. The number of nitrogens with zero attached hydrogens (tertiary/aromatic N) is 4. The quantitative estimate of drug-likeness (QED) is 0.512. The molecule has 2 amide bonds. The van der Waals surface area contributed by atoms with Crippen molar-refractivity contribution in [1.29, 1.82) is 0 Å². The Balaban J connectivity index is 1.42. The zero-order valence-corrected chi connectivity index (χ0v) is 17.3. The number of hydrogen-bond donors (Lipinski definition) is 1. The number of amides is 2. The third kappa shape index (κ3) is 2.89. The fourth-order valence-electron chi connectivity index (χ4n) is 4.75. The number of imide groups is 1. The van der Waals surface area contributed by atoms with E-state index in [0.717, 1.165) is 16.8 Å². The summed E-state index contributed by atoms with van der Waals surface area (Å²) in [4.78, 5) is 31.9. The van der Waals surface area contributed by atoms with E-state index in [1.165, 1.54) is 4.90 Å². The third-order valence-electron chi connectivity index (χ3n) is 6.39. The van der Waals surface area contributed by atoms with E-state index in [9.17, 15) is 9.59 Å². The van der Waals surface area contributed by atoms with Crippen LogP contribution in [0.5, 0.6) is 0 Å². The van der Waals surface area contributed by atoms with E-state index in [-0.39, 0.29) is 35.6 Å². The predicted molar refractivity (Wildman–Crippen MR) is 120 cm³/mol. The number of nitrogens with one attached hydrogen (secondary N) is 1. The molecule has 3 heterocycles. The van der Waals surface area contributed by atoms with Crippen molar-refractivity contribution in [2.24, 2.45) is 11.8 Å². The standard InChI is InChI=1S/C25H21N5O2/c31-22-18-13-7-8-14-19(18)23(32)29(22)25-27-24-26-20(16-9-3-1-4-10-16)15-21(30(24)28-25)17-11-5-2-6-12-17/h1-12,15,18-19,21H,13-14H2,(H,26,27,28)/t18-,19-,21-/m0/s1. The maximum atomic E-state index is 13.0. The number of carbonyl (C=O) groups excluding carboxylic acids is 2. The van der Waals surface area contributed by atoms with Crippen LogP contribution < -0.4 is 10.2 Å². The number of benzene rings is 2. The molecule has 3 atom stereocenters. The van der Waals surface area contributed by atoms with Gasteiger partial charge in [-0.25, -0.2) is 9.58 Å². The zero-order chi connectivity index (χ0) is 21.7. The fraction of sp³-hybridized carbons (Fsp3) is 0.200. The van der Waals surface area contributed by atoms with Crippen LogP contribution in [0, 0.1) is 11.8 Å². The van der Waals surface area contributed by atoms with E-state index in [4.69, 9.17) is 0 Å². The fourth-order valence-corrected chi connectivity index (χ4v) is 4.75. The molecule has 1 aliphatic carbocycles. The Morgan fingerprint density at radius 1 is 0.844 bits per heavy atom. The summed E-state index contributed by atoms with van der Waals surface area (Å²) in [5.74, 6) is -0.406. The lowest BCUT2D eigenvalue weighted by atomic mass is 9.85. The number of anilines is 2. The molecular formula is C25H21N5O2. The van der Waals surface area contributed by atoms with Gasteiger partial charge in [0.1, 0.15) is 6.04 Å². The average Bonchev–Trinajstić information content (AvgIpc) is 3.38. The number of fused-ring (bicyclic) bond motifs is 2. The highest BCUT2D eigenvalue weighted by Crippen LogP contribution is 2.39. The normalized spacial score (nSPS) is 24.1. The first kappa shape index (κ1) is 18.7. The first-order valence-corrected chi connectivity index (χ1v) is 10.8. The summed E-state index contributed by atoms with van der Waals surface area (Å²) in [5, 5.41) is 7.98. The summed E-state index contributed by atoms with van der Waals surface area (Å²) in [6, 6.07) is 19.8. The minimum Gasteiger partial charge on any atom is -0.324 e. The zero-order valence-electron chi connectivity index (χ0n) is 17.3. The van der Waals surface area contributed by atoms with E-state index in [1.54, 1.807) is 4.68 Å². The van der Waals surface area contributed by atoms with Gasteiger partial charge in [-0.05, 0) is 30.0 Å². The van der Waals surface area contributed by atoms with E-state index >= 15 is 0 Å². The highest BCUT2D eigenvalue weighted by Gasteiger charge is 2.49. The van der Waals surface area contributed by atoms with Crippen LogP contribution in [0.2, 0.25) is 0 Å². The molecule has 2 aliphatic heterocycles. The Labute approximate surface area is 185 Å². The number of hydrogen-bond acceptors (Lipinski definition) is 5. The van der Waals surface area contributed by atoms with Gasteiger partial charge < -0.3 is 5.32 Å². The third-order valence-corrected chi connectivity index (χ3v) is 6.39. The maximum absolute atomic E-state index is 13.0. The van der Waals surface area contributed by atoms with Crippen LogP contribution in [0.25, 0.3) is 5.70 Å². The summed E-state index contributed by atoms with van der Waals surface area (Å²) >= 11 is 0. The molecule has 3 aliphatic rings. The lowest BCUT2D eigenvalue weighted by Gasteiger charge is -2.24. The lowest BCUT2D eigenvalue weighted by molar-refractivity contribution is -0.122. The molecule has 0 spiro atoms. The van der Waals surface area contributed by atoms with Gasteiger partial charge in [0.2, 0.25) is 17.8 Å². The summed E-state index contributed by atoms with van der Waals surface area (Å²) in [5.41, 5.74) is 2.97. The molecular weight excluding hydrogens is 402 g/mol. The summed E-state index contributed by atoms with van der Waals surface area (Å²) in [6.07, 6.45) is 7.22. The Morgan fingerprint density at radius 2 is 1.47 bits per heavy atom. The second kappa shape index (κ2) is 7.30. The molecule has 1 N–H and O–H groups in total. The molecule has 0 radical (unpaired) electrons. The van der Waals surface area contributed by atoms with Gasteiger partial charge in [0.05, 0.1) is 11.8 Å². The Kier molecular flexibility index (Phi) is 4.28. The largest absolute Gasteiger partial charge is 0.324 e. The molecule has 0 bridgehead atoms. The van der Waals surface area contributed by atoms with Crippen LogP contribution in [0.1, 0.15) is 30.0 Å². The number of rotatable bonds is 3. The molecule has 158 valence electrons. The van der Waals surface area contributed by atoms with E-state index in [1.807, 2.05) is 72.8 Å². The monoisotopic (exact) mass is 423 g/mol. The second-order valence-electron chi connectivity index (χ2n) is 8.27. The second-order valence-corrected chi connectivity index (χ2v) is 8.27. The first-order chi connectivity index (χ1) is 15.7. The lowest BCUT2D eigenvalue weighted by Crippen LogP contribution is -2.32. The van der Waals surface area contributed by atoms with Crippen molar-refractivity contribution in [1.82, 2.24) is 14.8 Å². The molecule has 32 heavy (non-hydrogen) atoms. The Hall–Kier alpha value is -4.00. The molecule has 2 aromatic carbocycles. The van der Waals surface area contributed by atoms with E-state index in [2.05, 4.69) is 21.5 Å². The molecule has 1 fully saturated rings. The molecule has 0 unspecified atom stereocenters. The number of carbonyl (C=O) groups is 2. The molecule has 1 aromatic heterocycles. The van der Waals surface area contributed by atoms with Crippen LogP contribution in [0.4, 0.5) is 11.9 Å². The van der Waals surface area contributed by atoms with Crippen LogP contribution in [0.15, 0.2) is 78.9 Å². The minimum atomic E-state index is -0.316. The molecule has 7 heteroatoms. The van der Waals surface area contributed by atoms with Crippen LogP contribution in [0.3, 0.4) is 0 Å². The minimum absolute atomic E-state index is 0.139. The van der Waals surface area contributed by atoms with Crippen molar-refractivity contribution >= 4 is 29.4 Å². The highest BCUT2D eigenvalue weighted by atomic mass is 16.2. The van der Waals surface area contributed by atoms with Gasteiger partial charge in [-0.1, -0.05) is 72.8 Å². The van der Waals surface area contributed by atoms with Crippen LogP contribution >= 0.6 is 0 Å². The van der Waals surface area contributed by atoms with Crippen LogP contribution in [-0.4, -0.2) is 26.6 Å². The molecule has 6 rings (SSSR count). The first-order valence-electron chi connectivity index (χ1n) is 10.8. The van der Waals surface area contributed by atoms with Crippen LogP contribution in [-0.2, 0) is 9.59 Å². The van der Waals surface area contributed by atoms with Gasteiger partial charge in [-0.3, -0.25) is 9.59 Å². The summed E-state index contributed by atoms with van der Waals surface area (Å²) in [7, 11) is 0. The maximum Gasteiger partial charge on any atom is 0.260 e. The molecule has 1 saturated heterocycles. The SMILES string of the molecule is O=C1[C@H]2CC=CC[C@@H]2C(=O)N1c1nc2n(n1)[C@H](c1ccccc1)C=C(c1ccccc1)N2.